The fraction of sp³-hybridized carbons (Fsp3) is 0.273. The van der Waals surface area contributed by atoms with Crippen LogP contribution in [0.3, 0.4) is 0 Å². The standard InChI is InChI=1S/C22H25NO.ClH/c1-3-14-23-15-21-20-7-5-4-6-19(20)12-13-22(21)24-16-18-10-8-17(2)9-11-18;/h4-13,23H,3,14-16H2,1-2H3;1H. The SMILES string of the molecule is CCCNCc1c(OCc2ccc(C)cc2)ccc2ccccc12.Cl. The Morgan fingerprint density at radius 3 is 2.44 bits per heavy atom. The molecule has 0 aromatic heterocycles. The van der Waals surface area contributed by atoms with Crippen LogP contribution >= 0.6 is 12.4 Å². The summed E-state index contributed by atoms with van der Waals surface area (Å²) in [4.78, 5) is 0. The first-order valence-electron chi connectivity index (χ1n) is 8.67. The molecule has 3 rings (SSSR count). The molecule has 0 bridgehead atoms. The minimum absolute atomic E-state index is 0. The Balaban J connectivity index is 0.00000225. The summed E-state index contributed by atoms with van der Waals surface area (Å²) in [5.41, 5.74) is 3.71. The van der Waals surface area contributed by atoms with E-state index >= 15 is 0 Å². The summed E-state index contributed by atoms with van der Waals surface area (Å²) in [6.07, 6.45) is 1.13. The zero-order chi connectivity index (χ0) is 16.8. The number of benzene rings is 3. The number of ether oxygens (including phenoxy) is 1. The van der Waals surface area contributed by atoms with Crippen molar-refractivity contribution in [1.82, 2.24) is 5.32 Å². The highest BCUT2D eigenvalue weighted by molar-refractivity contribution is 5.87. The molecule has 25 heavy (non-hydrogen) atoms. The summed E-state index contributed by atoms with van der Waals surface area (Å²) in [6.45, 7) is 6.73. The Bertz CT molecular complexity index is 799. The average Bonchev–Trinajstić information content (AvgIpc) is 2.62. The van der Waals surface area contributed by atoms with Crippen molar-refractivity contribution < 1.29 is 4.74 Å². The van der Waals surface area contributed by atoms with Gasteiger partial charge in [-0.25, -0.2) is 0 Å². The summed E-state index contributed by atoms with van der Waals surface area (Å²) in [7, 11) is 0. The molecule has 0 saturated heterocycles. The molecule has 0 atom stereocenters. The van der Waals surface area contributed by atoms with Crippen LogP contribution in [0.2, 0.25) is 0 Å². The second-order valence-corrected chi connectivity index (χ2v) is 6.21. The summed E-state index contributed by atoms with van der Waals surface area (Å²) in [5, 5.41) is 6.03. The predicted octanol–water partition coefficient (Wildman–Crippen LogP) is 5.65. The highest BCUT2D eigenvalue weighted by atomic mass is 35.5. The van der Waals surface area contributed by atoms with Crippen LogP contribution < -0.4 is 10.1 Å². The molecule has 0 heterocycles. The van der Waals surface area contributed by atoms with Gasteiger partial charge in [0, 0.05) is 12.1 Å². The normalized spacial score (nSPS) is 10.5. The topological polar surface area (TPSA) is 21.3 Å². The van der Waals surface area contributed by atoms with E-state index in [9.17, 15) is 0 Å². The van der Waals surface area contributed by atoms with Gasteiger partial charge in [0.15, 0.2) is 0 Å². The number of aryl methyl sites for hydroxylation is 1. The van der Waals surface area contributed by atoms with E-state index in [1.165, 1.54) is 27.5 Å². The lowest BCUT2D eigenvalue weighted by molar-refractivity contribution is 0.302. The van der Waals surface area contributed by atoms with Crippen molar-refractivity contribution in [2.75, 3.05) is 6.54 Å². The van der Waals surface area contributed by atoms with E-state index in [1.807, 2.05) is 0 Å². The highest BCUT2D eigenvalue weighted by Gasteiger charge is 2.09. The molecule has 0 aliphatic carbocycles. The van der Waals surface area contributed by atoms with Crippen molar-refractivity contribution in [3.63, 3.8) is 0 Å². The maximum Gasteiger partial charge on any atom is 0.124 e. The van der Waals surface area contributed by atoms with Crippen LogP contribution in [0, 0.1) is 6.92 Å². The molecule has 0 aliphatic heterocycles. The Kier molecular flexibility index (Phi) is 7.30. The van der Waals surface area contributed by atoms with Gasteiger partial charge in [-0.05, 0) is 42.3 Å². The Morgan fingerprint density at radius 1 is 0.920 bits per heavy atom. The van der Waals surface area contributed by atoms with Gasteiger partial charge in [-0.2, -0.15) is 0 Å². The molecule has 0 radical (unpaired) electrons. The fourth-order valence-corrected chi connectivity index (χ4v) is 2.87. The van der Waals surface area contributed by atoms with E-state index in [1.54, 1.807) is 0 Å². The van der Waals surface area contributed by atoms with E-state index < -0.39 is 0 Å². The lowest BCUT2D eigenvalue weighted by atomic mass is 10.0. The first-order chi connectivity index (χ1) is 11.8. The molecule has 0 unspecified atom stereocenters. The Hall–Kier alpha value is -2.03. The summed E-state index contributed by atoms with van der Waals surface area (Å²) in [6, 6.07) is 21.3. The van der Waals surface area contributed by atoms with E-state index in [4.69, 9.17) is 4.74 Å². The van der Waals surface area contributed by atoms with Crippen molar-refractivity contribution >= 4 is 23.2 Å². The van der Waals surface area contributed by atoms with Gasteiger partial charge in [-0.3, -0.25) is 0 Å². The third kappa shape index (κ3) is 4.97. The van der Waals surface area contributed by atoms with E-state index in [0.29, 0.717) is 6.61 Å². The zero-order valence-corrected chi connectivity index (χ0v) is 15.7. The largest absolute Gasteiger partial charge is 0.489 e. The number of hydrogen-bond donors (Lipinski definition) is 1. The molecule has 2 nitrogen and oxygen atoms in total. The monoisotopic (exact) mass is 355 g/mol. The third-order valence-corrected chi connectivity index (χ3v) is 4.24. The fourth-order valence-electron chi connectivity index (χ4n) is 2.87. The molecule has 3 aromatic carbocycles. The van der Waals surface area contributed by atoms with Crippen LogP contribution in [0.4, 0.5) is 0 Å². The van der Waals surface area contributed by atoms with Crippen molar-refractivity contribution in [2.24, 2.45) is 0 Å². The molecule has 3 heteroatoms. The van der Waals surface area contributed by atoms with E-state index in [0.717, 1.165) is 25.3 Å². The summed E-state index contributed by atoms with van der Waals surface area (Å²) in [5.74, 6) is 0.970. The summed E-state index contributed by atoms with van der Waals surface area (Å²) < 4.78 is 6.16. The van der Waals surface area contributed by atoms with Crippen LogP contribution in [0.15, 0.2) is 60.7 Å². The van der Waals surface area contributed by atoms with Gasteiger partial charge < -0.3 is 10.1 Å². The average molecular weight is 356 g/mol. The van der Waals surface area contributed by atoms with Gasteiger partial charge in [-0.1, -0.05) is 67.1 Å². The Labute approximate surface area is 156 Å². The number of rotatable bonds is 7. The molecule has 0 fully saturated rings. The van der Waals surface area contributed by atoms with Crippen molar-refractivity contribution in [1.29, 1.82) is 0 Å². The van der Waals surface area contributed by atoms with Crippen molar-refractivity contribution in [3.05, 3.63) is 77.4 Å². The summed E-state index contributed by atoms with van der Waals surface area (Å²) >= 11 is 0. The van der Waals surface area contributed by atoms with E-state index in [2.05, 4.69) is 79.8 Å². The minimum Gasteiger partial charge on any atom is -0.489 e. The van der Waals surface area contributed by atoms with Crippen LogP contribution in [0.5, 0.6) is 5.75 Å². The maximum absolute atomic E-state index is 6.16. The van der Waals surface area contributed by atoms with Gasteiger partial charge >= 0.3 is 0 Å². The van der Waals surface area contributed by atoms with Crippen LogP contribution in [-0.4, -0.2) is 6.54 Å². The number of hydrogen-bond acceptors (Lipinski definition) is 2. The second kappa shape index (κ2) is 9.45. The van der Waals surface area contributed by atoms with Gasteiger partial charge in [-0.15, -0.1) is 12.4 Å². The Morgan fingerprint density at radius 2 is 1.68 bits per heavy atom. The van der Waals surface area contributed by atoms with Crippen molar-refractivity contribution in [2.45, 2.75) is 33.4 Å². The maximum atomic E-state index is 6.16. The minimum atomic E-state index is 0. The number of halogens is 1. The van der Waals surface area contributed by atoms with Crippen LogP contribution in [0.1, 0.15) is 30.0 Å². The first-order valence-corrected chi connectivity index (χ1v) is 8.67. The molecule has 132 valence electrons. The van der Waals surface area contributed by atoms with Crippen LogP contribution in [-0.2, 0) is 13.2 Å². The number of fused-ring (bicyclic) bond motifs is 1. The lowest BCUT2D eigenvalue weighted by Gasteiger charge is -2.15. The quantitative estimate of drug-likeness (QED) is 0.553. The molecule has 0 saturated carbocycles. The van der Waals surface area contributed by atoms with Crippen molar-refractivity contribution in [3.8, 4) is 5.75 Å². The van der Waals surface area contributed by atoms with E-state index in [-0.39, 0.29) is 12.4 Å². The van der Waals surface area contributed by atoms with Gasteiger partial charge in [0.25, 0.3) is 0 Å². The molecule has 1 N–H and O–H groups in total. The molecule has 0 aliphatic rings. The smallest absolute Gasteiger partial charge is 0.124 e. The van der Waals surface area contributed by atoms with Gasteiger partial charge in [0.05, 0.1) is 0 Å². The zero-order valence-electron chi connectivity index (χ0n) is 14.9. The highest BCUT2D eigenvalue weighted by Crippen LogP contribution is 2.28. The molecule has 0 amide bonds. The molecule has 0 spiro atoms. The first kappa shape index (κ1) is 19.3. The molecular weight excluding hydrogens is 330 g/mol. The second-order valence-electron chi connectivity index (χ2n) is 6.21. The molecule has 3 aromatic rings. The number of nitrogens with one attached hydrogen (secondary N) is 1. The van der Waals surface area contributed by atoms with Gasteiger partial charge in [0.2, 0.25) is 0 Å². The predicted molar refractivity (Wildman–Crippen MR) is 109 cm³/mol. The third-order valence-electron chi connectivity index (χ3n) is 4.24. The molecular formula is C22H26ClNO. The van der Waals surface area contributed by atoms with Gasteiger partial charge in [0.1, 0.15) is 12.4 Å². The van der Waals surface area contributed by atoms with Crippen LogP contribution in [0.25, 0.3) is 10.8 Å². The lowest BCUT2D eigenvalue weighted by Crippen LogP contribution is -2.15.